The SMILES string of the molecule is CCOc1cc(/C=N/NC(=O)Cc2ccccc2[N+](=O)[O-])ccc1OCc1ccc([N+](=O)[O-])cc1. The van der Waals surface area contributed by atoms with Gasteiger partial charge in [-0.1, -0.05) is 18.2 Å². The van der Waals surface area contributed by atoms with E-state index in [1.807, 2.05) is 6.92 Å². The Morgan fingerprint density at radius 1 is 0.971 bits per heavy atom. The van der Waals surface area contributed by atoms with Crippen LogP contribution in [0.25, 0.3) is 0 Å². The van der Waals surface area contributed by atoms with Crippen LogP contribution in [0.4, 0.5) is 11.4 Å². The number of nitro groups is 2. The van der Waals surface area contributed by atoms with Crippen molar-refractivity contribution >= 4 is 23.5 Å². The number of nitrogens with one attached hydrogen (secondary N) is 1. The summed E-state index contributed by atoms with van der Waals surface area (Å²) in [4.78, 5) is 33.0. The number of nitro benzene ring substituents is 2. The lowest BCUT2D eigenvalue weighted by atomic mass is 10.1. The van der Waals surface area contributed by atoms with Gasteiger partial charge in [-0.3, -0.25) is 25.0 Å². The van der Waals surface area contributed by atoms with Crippen molar-refractivity contribution in [1.82, 2.24) is 5.43 Å². The molecule has 1 amide bonds. The van der Waals surface area contributed by atoms with E-state index in [0.717, 1.165) is 5.56 Å². The normalized spacial score (nSPS) is 10.7. The molecule has 0 saturated heterocycles. The summed E-state index contributed by atoms with van der Waals surface area (Å²) in [5.41, 5.74) is 3.90. The Morgan fingerprint density at radius 2 is 1.71 bits per heavy atom. The number of carbonyl (C=O) groups excluding carboxylic acids is 1. The molecule has 11 nitrogen and oxygen atoms in total. The standard InChI is InChI=1S/C24H22N4O7/c1-2-34-23-13-18(9-12-22(23)35-16-17-7-10-20(11-8-17)27(30)31)15-25-26-24(29)14-19-5-3-4-6-21(19)28(32)33/h3-13,15H,2,14,16H2,1H3,(H,26,29)/b25-15+. The Bertz CT molecular complexity index is 1240. The number of rotatable bonds is 11. The van der Waals surface area contributed by atoms with Gasteiger partial charge in [0.05, 0.1) is 29.1 Å². The molecular formula is C24H22N4O7. The van der Waals surface area contributed by atoms with Crippen molar-refractivity contribution in [2.75, 3.05) is 6.61 Å². The number of benzene rings is 3. The molecule has 0 bridgehead atoms. The average molecular weight is 478 g/mol. The Balaban J connectivity index is 1.62. The number of hydrogen-bond acceptors (Lipinski definition) is 8. The molecule has 3 rings (SSSR count). The van der Waals surface area contributed by atoms with Crippen LogP contribution in [-0.2, 0) is 17.8 Å². The largest absolute Gasteiger partial charge is 0.490 e. The fraction of sp³-hybridized carbons (Fsp3) is 0.167. The van der Waals surface area contributed by atoms with Crippen LogP contribution in [0.15, 0.2) is 71.8 Å². The number of non-ortho nitro benzene ring substituents is 1. The Morgan fingerprint density at radius 3 is 2.40 bits per heavy atom. The van der Waals surface area contributed by atoms with Crippen LogP contribution in [-0.4, -0.2) is 28.6 Å². The van der Waals surface area contributed by atoms with Crippen LogP contribution in [0.2, 0.25) is 0 Å². The lowest BCUT2D eigenvalue weighted by Crippen LogP contribution is -2.20. The fourth-order valence-electron chi connectivity index (χ4n) is 3.10. The number of carbonyl (C=O) groups is 1. The molecular weight excluding hydrogens is 456 g/mol. The zero-order chi connectivity index (χ0) is 25.2. The quantitative estimate of drug-likeness (QED) is 0.247. The van der Waals surface area contributed by atoms with Crippen molar-refractivity contribution in [3.8, 4) is 11.5 Å². The molecule has 11 heteroatoms. The Kier molecular flexibility index (Phi) is 8.43. The van der Waals surface area contributed by atoms with E-state index in [-0.39, 0.29) is 24.4 Å². The summed E-state index contributed by atoms with van der Waals surface area (Å²) in [5, 5.41) is 25.8. The predicted octanol–water partition coefficient (Wildman–Crippen LogP) is 4.17. The van der Waals surface area contributed by atoms with Gasteiger partial charge in [-0.15, -0.1) is 0 Å². The van der Waals surface area contributed by atoms with E-state index in [9.17, 15) is 25.0 Å². The van der Waals surface area contributed by atoms with E-state index in [1.165, 1.54) is 36.5 Å². The second kappa shape index (κ2) is 11.9. The number of para-hydroxylation sites is 1. The third-order valence-electron chi connectivity index (χ3n) is 4.75. The first kappa shape index (κ1) is 24.8. The summed E-state index contributed by atoms with van der Waals surface area (Å²) in [6.45, 7) is 2.40. The molecule has 0 aliphatic rings. The minimum Gasteiger partial charge on any atom is -0.490 e. The molecule has 0 aliphatic carbocycles. The molecule has 0 fully saturated rings. The Labute approximate surface area is 200 Å². The molecule has 35 heavy (non-hydrogen) atoms. The summed E-state index contributed by atoms with van der Waals surface area (Å²) < 4.78 is 11.4. The molecule has 0 saturated carbocycles. The third-order valence-corrected chi connectivity index (χ3v) is 4.75. The minimum atomic E-state index is -0.535. The maximum atomic E-state index is 12.1. The van der Waals surface area contributed by atoms with Gasteiger partial charge in [-0.2, -0.15) is 5.10 Å². The zero-order valence-corrected chi connectivity index (χ0v) is 18.7. The second-order valence-corrected chi connectivity index (χ2v) is 7.21. The van der Waals surface area contributed by atoms with E-state index in [2.05, 4.69) is 10.5 Å². The molecule has 3 aromatic rings. The smallest absolute Gasteiger partial charge is 0.273 e. The maximum Gasteiger partial charge on any atom is 0.273 e. The van der Waals surface area contributed by atoms with Gasteiger partial charge in [0.2, 0.25) is 5.91 Å². The van der Waals surface area contributed by atoms with Gasteiger partial charge in [0.25, 0.3) is 11.4 Å². The van der Waals surface area contributed by atoms with Crippen LogP contribution >= 0.6 is 0 Å². The molecule has 0 spiro atoms. The van der Waals surface area contributed by atoms with Crippen molar-refractivity contribution in [1.29, 1.82) is 0 Å². The van der Waals surface area contributed by atoms with E-state index < -0.39 is 15.8 Å². The van der Waals surface area contributed by atoms with Gasteiger partial charge < -0.3 is 9.47 Å². The van der Waals surface area contributed by atoms with Gasteiger partial charge in [-0.25, -0.2) is 5.43 Å². The van der Waals surface area contributed by atoms with Gasteiger partial charge in [0, 0.05) is 23.8 Å². The summed E-state index contributed by atoms with van der Waals surface area (Å²) in [7, 11) is 0. The van der Waals surface area contributed by atoms with Crippen LogP contribution in [0.5, 0.6) is 11.5 Å². The molecule has 0 unspecified atom stereocenters. The summed E-state index contributed by atoms with van der Waals surface area (Å²) in [6.07, 6.45) is 1.23. The van der Waals surface area contributed by atoms with E-state index in [1.54, 1.807) is 36.4 Å². The van der Waals surface area contributed by atoms with Gasteiger partial charge >= 0.3 is 0 Å². The van der Waals surface area contributed by atoms with Crippen LogP contribution in [0.3, 0.4) is 0 Å². The summed E-state index contributed by atoms with van der Waals surface area (Å²) in [6, 6.07) is 17.2. The number of hydrazone groups is 1. The molecule has 180 valence electrons. The highest BCUT2D eigenvalue weighted by Gasteiger charge is 2.15. The first-order valence-electron chi connectivity index (χ1n) is 10.5. The van der Waals surface area contributed by atoms with Crippen molar-refractivity contribution in [3.05, 3.63) is 104 Å². The molecule has 0 radical (unpaired) electrons. The highest BCUT2D eigenvalue weighted by molar-refractivity contribution is 5.84. The molecule has 0 aromatic heterocycles. The minimum absolute atomic E-state index is 0.00137. The number of nitrogens with zero attached hydrogens (tertiary/aromatic N) is 3. The monoisotopic (exact) mass is 478 g/mol. The topological polar surface area (TPSA) is 146 Å². The predicted molar refractivity (Wildman–Crippen MR) is 128 cm³/mol. The molecule has 1 N–H and O–H groups in total. The van der Waals surface area contributed by atoms with Crippen molar-refractivity contribution < 1.29 is 24.1 Å². The van der Waals surface area contributed by atoms with Crippen molar-refractivity contribution in [2.24, 2.45) is 5.10 Å². The second-order valence-electron chi connectivity index (χ2n) is 7.21. The molecule has 0 aliphatic heterocycles. The van der Waals surface area contributed by atoms with Crippen LogP contribution < -0.4 is 14.9 Å². The van der Waals surface area contributed by atoms with Crippen molar-refractivity contribution in [2.45, 2.75) is 20.0 Å². The summed E-state index contributed by atoms with van der Waals surface area (Å²) >= 11 is 0. The first-order valence-corrected chi connectivity index (χ1v) is 10.5. The third kappa shape index (κ3) is 7.09. The highest BCUT2D eigenvalue weighted by Crippen LogP contribution is 2.29. The van der Waals surface area contributed by atoms with Crippen LogP contribution in [0, 0.1) is 20.2 Å². The fourth-order valence-corrected chi connectivity index (χ4v) is 3.10. The average Bonchev–Trinajstić information content (AvgIpc) is 2.84. The Hall–Kier alpha value is -4.80. The highest BCUT2D eigenvalue weighted by atomic mass is 16.6. The first-order chi connectivity index (χ1) is 16.9. The van der Waals surface area contributed by atoms with Crippen LogP contribution in [0.1, 0.15) is 23.6 Å². The van der Waals surface area contributed by atoms with Gasteiger partial charge in [-0.05, 0) is 48.4 Å². The van der Waals surface area contributed by atoms with E-state index >= 15 is 0 Å². The summed E-state index contributed by atoms with van der Waals surface area (Å²) in [5.74, 6) is 0.441. The maximum absolute atomic E-state index is 12.1. The number of hydrogen-bond donors (Lipinski definition) is 1. The zero-order valence-electron chi connectivity index (χ0n) is 18.7. The molecule has 0 atom stereocenters. The van der Waals surface area contributed by atoms with E-state index in [0.29, 0.717) is 29.2 Å². The number of amides is 1. The van der Waals surface area contributed by atoms with Crippen molar-refractivity contribution in [3.63, 3.8) is 0 Å². The number of ether oxygens (including phenoxy) is 2. The molecule has 3 aromatic carbocycles. The lowest BCUT2D eigenvalue weighted by Gasteiger charge is -2.12. The molecule has 0 heterocycles. The van der Waals surface area contributed by atoms with Gasteiger partial charge in [0.1, 0.15) is 6.61 Å². The van der Waals surface area contributed by atoms with Gasteiger partial charge in [0.15, 0.2) is 11.5 Å². The van der Waals surface area contributed by atoms with E-state index in [4.69, 9.17) is 9.47 Å². The lowest BCUT2D eigenvalue weighted by molar-refractivity contribution is -0.385.